The molecule has 5 rings (SSSR count). The first kappa shape index (κ1) is 17.8. The Balaban J connectivity index is 2.25. The lowest BCUT2D eigenvalue weighted by atomic mass is 9.97. The zero-order chi connectivity index (χ0) is 18.0. The van der Waals surface area contributed by atoms with E-state index < -0.39 is 0 Å². The molecule has 2 aromatic heterocycles. The average molecular weight is 632 g/mol. The molecule has 0 radical (unpaired) electrons. The van der Waals surface area contributed by atoms with Crippen molar-refractivity contribution in [3.05, 3.63) is 57.6 Å². The fourth-order valence-electron chi connectivity index (χ4n) is 3.54. The molecular weight excluding hydrogens is 624 g/mol. The highest BCUT2D eigenvalue weighted by Gasteiger charge is 2.13. The van der Waals surface area contributed by atoms with E-state index in [1.807, 2.05) is 0 Å². The molecule has 0 aliphatic heterocycles. The molecule has 5 aromatic rings. The van der Waals surface area contributed by atoms with Crippen molar-refractivity contribution in [3.8, 4) is 0 Å². The molecule has 128 valence electrons. The van der Waals surface area contributed by atoms with Crippen molar-refractivity contribution in [1.29, 1.82) is 0 Å². The Labute approximate surface area is 190 Å². The molecule has 0 saturated heterocycles. The van der Waals surface area contributed by atoms with E-state index in [-0.39, 0.29) is 0 Å². The molecule has 0 spiro atoms. The Morgan fingerprint density at radius 3 is 1.35 bits per heavy atom. The smallest absolute Gasteiger partial charge is 0.0688 e. The standard InChI is InChI=1S/C20H8Br4S2/c21-19(22)17-11-5-9-1-3-25-15(9)7-13(11)18(20(23)24)12-6-10-2-4-26-16(10)8-14(12)17/h1-8H. The van der Waals surface area contributed by atoms with Crippen molar-refractivity contribution in [2.75, 3.05) is 0 Å². The summed E-state index contributed by atoms with van der Waals surface area (Å²) in [5, 5.41) is 14.2. The van der Waals surface area contributed by atoms with Gasteiger partial charge in [0, 0.05) is 19.8 Å². The number of halogens is 4. The summed E-state index contributed by atoms with van der Waals surface area (Å²) >= 11 is 18.4. The average Bonchev–Trinajstić information content (AvgIpc) is 3.22. The minimum Gasteiger partial charge on any atom is -0.144 e. The van der Waals surface area contributed by atoms with Gasteiger partial charge < -0.3 is 0 Å². The maximum Gasteiger partial charge on any atom is 0.0688 e. The molecule has 0 fully saturated rings. The van der Waals surface area contributed by atoms with Crippen LogP contribution in [0.4, 0.5) is 0 Å². The number of fused-ring (bicyclic) bond motifs is 4. The molecule has 2 heterocycles. The molecule has 0 aliphatic rings. The van der Waals surface area contributed by atoms with Crippen molar-refractivity contribution in [3.63, 3.8) is 0 Å². The van der Waals surface area contributed by atoms with Gasteiger partial charge in [-0.3, -0.25) is 0 Å². The first-order valence-corrected chi connectivity index (χ1v) is 12.6. The second kappa shape index (κ2) is 6.68. The molecule has 0 saturated carbocycles. The van der Waals surface area contributed by atoms with E-state index in [0.717, 1.165) is 6.78 Å². The number of benzene rings is 3. The van der Waals surface area contributed by atoms with Crippen LogP contribution in [0.1, 0.15) is 0 Å². The first-order valence-electron chi connectivity index (χ1n) is 7.69. The quantitative estimate of drug-likeness (QED) is 0.151. The van der Waals surface area contributed by atoms with Crippen LogP contribution in [0.25, 0.3) is 48.5 Å². The van der Waals surface area contributed by atoms with Crippen molar-refractivity contribution in [2.24, 2.45) is 0 Å². The summed E-state index contributed by atoms with van der Waals surface area (Å²) in [7, 11) is 0. The molecular formula is C20H8Br4S2. The highest BCUT2D eigenvalue weighted by molar-refractivity contribution is 9.34. The van der Waals surface area contributed by atoms with Gasteiger partial charge in [0.1, 0.15) is 0 Å². The van der Waals surface area contributed by atoms with E-state index in [2.05, 4.69) is 111 Å². The molecule has 0 atom stereocenters. The zero-order valence-corrected chi connectivity index (χ0v) is 20.9. The predicted octanol–water partition coefficient (Wildman–Crippen LogP) is 8.13. The Hall–Kier alpha value is -0.240. The van der Waals surface area contributed by atoms with Crippen LogP contribution in [0.2, 0.25) is 0 Å². The summed E-state index contributed by atoms with van der Waals surface area (Å²) < 4.78 is 4.55. The van der Waals surface area contributed by atoms with Gasteiger partial charge in [-0.25, -0.2) is 0 Å². The summed E-state index contributed by atoms with van der Waals surface area (Å²) in [6, 6.07) is 13.6. The van der Waals surface area contributed by atoms with E-state index in [1.54, 1.807) is 22.7 Å². The normalized spacial score (nSPS) is 11.8. The van der Waals surface area contributed by atoms with Gasteiger partial charge in [0.15, 0.2) is 0 Å². The highest BCUT2D eigenvalue weighted by atomic mass is 79.9. The lowest BCUT2D eigenvalue weighted by molar-refractivity contribution is 1.77. The van der Waals surface area contributed by atoms with Crippen LogP contribution in [-0.4, -0.2) is 0 Å². The summed E-state index contributed by atoms with van der Waals surface area (Å²) in [5.41, 5.74) is 0. The first-order chi connectivity index (χ1) is 12.5. The molecule has 0 aliphatic carbocycles. The SMILES string of the molecule is BrC(Br)=c1c2cc3ccsc3cc2c(=C(Br)Br)c2cc3ccsc3cc12. The Morgan fingerprint density at radius 2 is 0.962 bits per heavy atom. The van der Waals surface area contributed by atoms with Gasteiger partial charge >= 0.3 is 0 Å². The predicted molar refractivity (Wildman–Crippen MR) is 134 cm³/mol. The van der Waals surface area contributed by atoms with Crippen molar-refractivity contribution in [1.82, 2.24) is 0 Å². The minimum absolute atomic E-state index is 0.975. The Kier molecular flexibility index (Phi) is 4.58. The van der Waals surface area contributed by atoms with Crippen LogP contribution < -0.4 is 10.4 Å². The minimum atomic E-state index is 0.975. The van der Waals surface area contributed by atoms with E-state index >= 15 is 0 Å². The van der Waals surface area contributed by atoms with E-state index in [1.165, 1.54) is 52.2 Å². The lowest BCUT2D eigenvalue weighted by Crippen LogP contribution is -2.15. The zero-order valence-electron chi connectivity index (χ0n) is 12.9. The summed E-state index contributed by atoms with van der Waals surface area (Å²) in [5.74, 6) is 0. The summed E-state index contributed by atoms with van der Waals surface area (Å²) in [4.78, 5) is 0. The Morgan fingerprint density at radius 1 is 0.577 bits per heavy atom. The molecule has 0 amide bonds. The van der Waals surface area contributed by atoms with Crippen LogP contribution in [0.15, 0.2) is 47.2 Å². The number of thiophene rings is 2. The summed E-state index contributed by atoms with van der Waals surface area (Å²) in [6.45, 7) is 0. The molecule has 26 heavy (non-hydrogen) atoms. The van der Waals surface area contributed by atoms with E-state index in [0.29, 0.717) is 0 Å². The lowest BCUT2D eigenvalue weighted by Gasteiger charge is -2.10. The third-order valence-electron chi connectivity index (χ3n) is 4.64. The van der Waals surface area contributed by atoms with Crippen LogP contribution in [0.3, 0.4) is 0 Å². The van der Waals surface area contributed by atoms with Crippen molar-refractivity contribution in [2.45, 2.75) is 0 Å². The van der Waals surface area contributed by atoms with Gasteiger partial charge in [0.05, 0.1) is 6.78 Å². The van der Waals surface area contributed by atoms with E-state index in [4.69, 9.17) is 0 Å². The van der Waals surface area contributed by atoms with Crippen LogP contribution in [0.5, 0.6) is 0 Å². The van der Waals surface area contributed by atoms with Gasteiger partial charge in [0.2, 0.25) is 0 Å². The van der Waals surface area contributed by atoms with Gasteiger partial charge in [-0.05, 0) is 143 Å². The second-order valence-corrected chi connectivity index (χ2v) is 13.2. The topological polar surface area (TPSA) is 0 Å². The Bertz CT molecular complexity index is 1260. The third-order valence-corrected chi connectivity index (χ3v) is 7.99. The molecule has 3 aromatic carbocycles. The molecule has 0 N–H and O–H groups in total. The van der Waals surface area contributed by atoms with Crippen LogP contribution in [0, 0.1) is 0 Å². The molecule has 6 heteroatoms. The second-order valence-electron chi connectivity index (χ2n) is 5.98. The maximum atomic E-state index is 3.71. The van der Waals surface area contributed by atoms with E-state index in [9.17, 15) is 0 Å². The highest BCUT2D eigenvalue weighted by Crippen LogP contribution is 2.31. The number of hydrogen-bond donors (Lipinski definition) is 0. The van der Waals surface area contributed by atoms with Crippen LogP contribution in [-0.2, 0) is 0 Å². The van der Waals surface area contributed by atoms with Gasteiger partial charge in [0.25, 0.3) is 0 Å². The number of hydrogen-bond acceptors (Lipinski definition) is 2. The van der Waals surface area contributed by atoms with Gasteiger partial charge in [-0.2, -0.15) is 0 Å². The summed E-state index contributed by atoms with van der Waals surface area (Å²) in [6.07, 6.45) is 0. The maximum absolute atomic E-state index is 3.71. The fourth-order valence-corrected chi connectivity index (χ4v) is 6.87. The van der Waals surface area contributed by atoms with Gasteiger partial charge in [-0.15, -0.1) is 22.7 Å². The largest absolute Gasteiger partial charge is 0.144 e. The monoisotopic (exact) mass is 628 g/mol. The van der Waals surface area contributed by atoms with Gasteiger partial charge in [-0.1, -0.05) is 0 Å². The molecule has 0 nitrogen and oxygen atoms in total. The number of rotatable bonds is 0. The van der Waals surface area contributed by atoms with Crippen LogP contribution >= 0.6 is 86.4 Å². The van der Waals surface area contributed by atoms with Crippen molar-refractivity contribution < 1.29 is 0 Å². The molecule has 0 unspecified atom stereocenters. The van der Waals surface area contributed by atoms with Crippen molar-refractivity contribution >= 4 is 135 Å². The third kappa shape index (κ3) is 2.68. The fraction of sp³-hybridized carbons (Fsp3) is 0. The molecule has 0 bridgehead atoms.